The number of hydrogen-bond acceptors (Lipinski definition) is 5. The minimum atomic E-state index is -3.83. The predicted molar refractivity (Wildman–Crippen MR) is 76.6 cm³/mol. The maximum absolute atomic E-state index is 12.5. The van der Waals surface area contributed by atoms with Crippen molar-refractivity contribution in [1.82, 2.24) is 10.2 Å². The molecule has 0 aliphatic rings. The molecule has 9 heteroatoms. The van der Waals surface area contributed by atoms with E-state index in [2.05, 4.69) is 10.2 Å². The average molecular weight is 310 g/mol. The Labute approximate surface area is 121 Å². The molecule has 4 N–H and O–H groups in total. The number of anilines is 2. The largest absolute Gasteiger partial charge is 0.478 e. The van der Waals surface area contributed by atoms with Gasteiger partial charge in [-0.3, -0.25) is 9.40 Å². The Hall–Kier alpha value is -2.55. The Morgan fingerprint density at radius 2 is 2.14 bits per heavy atom. The lowest BCUT2D eigenvalue weighted by Crippen LogP contribution is -2.31. The zero-order chi connectivity index (χ0) is 15.6. The number of aromatic amines is 1. The minimum Gasteiger partial charge on any atom is -0.478 e. The molecule has 0 atom stereocenters. The van der Waals surface area contributed by atoms with Crippen molar-refractivity contribution >= 4 is 27.4 Å². The second-order valence-corrected chi connectivity index (χ2v) is 6.00. The van der Waals surface area contributed by atoms with Crippen LogP contribution in [0.4, 0.5) is 11.4 Å². The first-order valence-electron chi connectivity index (χ1n) is 6.03. The Balaban J connectivity index is 2.50. The zero-order valence-corrected chi connectivity index (χ0v) is 12.0. The van der Waals surface area contributed by atoms with Gasteiger partial charge in [-0.2, -0.15) is 13.5 Å². The smallest absolute Gasteiger partial charge is 0.335 e. The molecule has 0 aliphatic carbocycles. The monoisotopic (exact) mass is 310 g/mol. The Kier molecular flexibility index (Phi) is 3.85. The number of aromatic nitrogens is 2. The van der Waals surface area contributed by atoms with Gasteiger partial charge in [0.25, 0.3) is 10.0 Å². The van der Waals surface area contributed by atoms with E-state index in [0.29, 0.717) is 0 Å². The van der Waals surface area contributed by atoms with Crippen LogP contribution in [-0.2, 0) is 10.0 Å². The summed E-state index contributed by atoms with van der Waals surface area (Å²) < 4.78 is 26.0. The third-order valence-electron chi connectivity index (χ3n) is 2.87. The molecule has 1 heterocycles. The van der Waals surface area contributed by atoms with Gasteiger partial charge < -0.3 is 10.8 Å². The van der Waals surface area contributed by atoms with Gasteiger partial charge in [0.2, 0.25) is 0 Å². The molecule has 0 amide bonds. The molecule has 2 aromatic rings. The summed E-state index contributed by atoms with van der Waals surface area (Å²) in [5, 5.41) is 14.9. The fourth-order valence-corrected chi connectivity index (χ4v) is 3.29. The minimum absolute atomic E-state index is 0.00811. The molecule has 0 spiro atoms. The van der Waals surface area contributed by atoms with Crippen LogP contribution in [-0.4, -0.2) is 36.2 Å². The summed E-state index contributed by atoms with van der Waals surface area (Å²) in [4.78, 5) is 10.9. The zero-order valence-electron chi connectivity index (χ0n) is 11.1. The molecule has 0 radical (unpaired) electrons. The first-order valence-corrected chi connectivity index (χ1v) is 7.47. The van der Waals surface area contributed by atoms with Gasteiger partial charge in [0.1, 0.15) is 0 Å². The molecular weight excluding hydrogens is 296 g/mol. The third-order valence-corrected chi connectivity index (χ3v) is 4.69. The highest BCUT2D eigenvalue weighted by Crippen LogP contribution is 2.28. The van der Waals surface area contributed by atoms with E-state index in [-0.39, 0.29) is 28.5 Å². The summed E-state index contributed by atoms with van der Waals surface area (Å²) in [5.41, 5.74) is 6.07. The molecule has 8 nitrogen and oxygen atoms in total. The lowest BCUT2D eigenvalue weighted by molar-refractivity contribution is 0.0697. The van der Waals surface area contributed by atoms with Crippen molar-refractivity contribution in [2.75, 3.05) is 16.6 Å². The standard InChI is InChI=1S/C12H14N4O4S/c1-2-16(21(19,20)11-5-6-14-15-11)10-4-3-8(12(17)18)7-9(10)13/h3-7H,2,13H2,1H3,(H,14,15)(H,17,18). The SMILES string of the molecule is CCN(c1ccc(C(=O)O)cc1N)S(=O)(=O)c1ccn[nH]1. The number of sulfonamides is 1. The molecule has 0 saturated heterocycles. The maximum Gasteiger partial charge on any atom is 0.335 e. The van der Waals surface area contributed by atoms with Gasteiger partial charge in [-0.1, -0.05) is 0 Å². The molecule has 1 aromatic carbocycles. The summed E-state index contributed by atoms with van der Waals surface area (Å²) in [7, 11) is -3.83. The summed E-state index contributed by atoms with van der Waals surface area (Å²) in [6.07, 6.45) is 1.33. The maximum atomic E-state index is 12.5. The molecule has 0 saturated carbocycles. The Morgan fingerprint density at radius 3 is 2.62 bits per heavy atom. The highest BCUT2D eigenvalue weighted by molar-refractivity contribution is 7.92. The summed E-state index contributed by atoms with van der Waals surface area (Å²) in [5.74, 6) is -1.13. The second-order valence-electron chi connectivity index (χ2n) is 4.17. The molecule has 1 aromatic heterocycles. The van der Waals surface area contributed by atoms with Crippen molar-refractivity contribution in [2.24, 2.45) is 0 Å². The van der Waals surface area contributed by atoms with Crippen LogP contribution in [0.3, 0.4) is 0 Å². The number of nitrogens with two attached hydrogens (primary N) is 1. The Morgan fingerprint density at radius 1 is 1.43 bits per heavy atom. The van der Waals surface area contributed by atoms with E-state index in [9.17, 15) is 13.2 Å². The van der Waals surface area contributed by atoms with Crippen LogP contribution >= 0.6 is 0 Å². The van der Waals surface area contributed by atoms with Gasteiger partial charge in [-0.15, -0.1) is 0 Å². The van der Waals surface area contributed by atoms with Crippen molar-refractivity contribution in [3.63, 3.8) is 0 Å². The van der Waals surface area contributed by atoms with Gasteiger partial charge in [-0.05, 0) is 31.2 Å². The highest BCUT2D eigenvalue weighted by Gasteiger charge is 2.26. The van der Waals surface area contributed by atoms with E-state index >= 15 is 0 Å². The molecule has 0 fully saturated rings. The number of carboxylic acid groups (broad SMARTS) is 1. The van der Waals surface area contributed by atoms with Gasteiger partial charge in [-0.25, -0.2) is 4.79 Å². The molecule has 0 aliphatic heterocycles. The number of carbonyl (C=O) groups is 1. The number of aromatic carboxylic acids is 1. The summed E-state index contributed by atoms with van der Waals surface area (Å²) in [6, 6.07) is 5.23. The number of carboxylic acids is 1. The third kappa shape index (κ3) is 2.68. The number of benzene rings is 1. The molecule has 0 unspecified atom stereocenters. The topological polar surface area (TPSA) is 129 Å². The van der Waals surface area contributed by atoms with E-state index in [1.54, 1.807) is 6.92 Å². The lowest BCUT2D eigenvalue weighted by atomic mass is 10.2. The molecule has 112 valence electrons. The van der Waals surface area contributed by atoms with Gasteiger partial charge in [0, 0.05) is 6.54 Å². The van der Waals surface area contributed by atoms with Crippen molar-refractivity contribution in [3.05, 3.63) is 36.0 Å². The lowest BCUT2D eigenvalue weighted by Gasteiger charge is -2.23. The molecule has 21 heavy (non-hydrogen) atoms. The number of hydrogen-bond donors (Lipinski definition) is 3. The average Bonchev–Trinajstić information content (AvgIpc) is 2.95. The van der Waals surface area contributed by atoms with E-state index in [4.69, 9.17) is 10.8 Å². The van der Waals surface area contributed by atoms with Crippen LogP contribution < -0.4 is 10.0 Å². The number of nitrogens with zero attached hydrogens (tertiary/aromatic N) is 2. The van der Waals surface area contributed by atoms with Crippen LogP contribution in [0.5, 0.6) is 0 Å². The van der Waals surface area contributed by atoms with Crippen molar-refractivity contribution < 1.29 is 18.3 Å². The van der Waals surface area contributed by atoms with Crippen LogP contribution in [0.2, 0.25) is 0 Å². The van der Waals surface area contributed by atoms with Crippen molar-refractivity contribution in [3.8, 4) is 0 Å². The van der Waals surface area contributed by atoms with Crippen LogP contribution in [0, 0.1) is 0 Å². The summed E-state index contributed by atoms with van der Waals surface area (Å²) >= 11 is 0. The fraction of sp³-hybridized carbons (Fsp3) is 0.167. The number of nitrogens with one attached hydrogen (secondary N) is 1. The number of nitrogen functional groups attached to an aromatic ring is 1. The van der Waals surface area contributed by atoms with Crippen LogP contribution in [0.25, 0.3) is 0 Å². The van der Waals surface area contributed by atoms with E-state index < -0.39 is 16.0 Å². The molecule has 2 rings (SSSR count). The highest BCUT2D eigenvalue weighted by atomic mass is 32.2. The van der Waals surface area contributed by atoms with Crippen molar-refractivity contribution in [1.29, 1.82) is 0 Å². The Bertz CT molecular complexity index is 756. The molecular formula is C12H14N4O4S. The van der Waals surface area contributed by atoms with E-state index in [1.807, 2.05) is 0 Å². The van der Waals surface area contributed by atoms with Crippen molar-refractivity contribution in [2.45, 2.75) is 11.9 Å². The second kappa shape index (κ2) is 5.44. The van der Waals surface area contributed by atoms with Gasteiger partial charge >= 0.3 is 5.97 Å². The first kappa shape index (κ1) is 14.9. The van der Waals surface area contributed by atoms with Crippen LogP contribution in [0.15, 0.2) is 35.5 Å². The number of rotatable bonds is 5. The van der Waals surface area contributed by atoms with Gasteiger partial charge in [0.15, 0.2) is 5.03 Å². The van der Waals surface area contributed by atoms with Crippen LogP contribution in [0.1, 0.15) is 17.3 Å². The van der Waals surface area contributed by atoms with E-state index in [1.165, 1.54) is 30.5 Å². The fourth-order valence-electron chi connectivity index (χ4n) is 1.89. The molecule has 0 bridgehead atoms. The normalized spacial score (nSPS) is 11.3. The quantitative estimate of drug-likeness (QED) is 0.704. The predicted octanol–water partition coefficient (Wildman–Crippen LogP) is 0.905. The summed E-state index contributed by atoms with van der Waals surface area (Å²) in [6.45, 7) is 1.79. The van der Waals surface area contributed by atoms with Gasteiger partial charge in [0.05, 0.1) is 23.1 Å². The first-order chi connectivity index (χ1) is 9.87. The number of H-pyrrole nitrogens is 1. The van der Waals surface area contributed by atoms with E-state index in [0.717, 1.165) is 4.31 Å².